The number of hydrogen-bond donors (Lipinski definition) is 3. The quantitative estimate of drug-likeness (QED) is 0.285. The third-order valence-electron chi connectivity index (χ3n) is 5.05. The van der Waals surface area contributed by atoms with Crippen molar-refractivity contribution < 1.29 is 32.2 Å². The molecule has 0 saturated carbocycles. The summed E-state index contributed by atoms with van der Waals surface area (Å²) in [6.45, 7) is 3.46. The number of anilines is 2. The number of aromatic nitrogens is 4. The van der Waals surface area contributed by atoms with Gasteiger partial charge in [-0.3, -0.25) is 9.59 Å². The second-order valence-electron chi connectivity index (χ2n) is 8.03. The molecule has 38 heavy (non-hydrogen) atoms. The first-order valence-electron chi connectivity index (χ1n) is 11.6. The van der Waals surface area contributed by atoms with Gasteiger partial charge in [-0.1, -0.05) is 0 Å². The molecule has 1 heterocycles. The van der Waals surface area contributed by atoms with Gasteiger partial charge in [0.15, 0.2) is 0 Å². The zero-order valence-corrected chi connectivity index (χ0v) is 20.8. The summed E-state index contributed by atoms with van der Waals surface area (Å²) in [6.07, 6.45) is -4.43. The summed E-state index contributed by atoms with van der Waals surface area (Å²) in [5.74, 6) is -0.240. The maximum atomic E-state index is 12.9. The van der Waals surface area contributed by atoms with Gasteiger partial charge in [-0.15, -0.1) is 10.2 Å². The number of aryl methyl sites for hydroxylation is 1. The Morgan fingerprint density at radius 1 is 0.947 bits per heavy atom. The minimum atomic E-state index is -4.43. The molecule has 1 aromatic heterocycles. The number of nitrogens with one attached hydrogen (secondary N) is 3. The van der Waals surface area contributed by atoms with Gasteiger partial charge < -0.3 is 25.4 Å². The zero-order valence-electron chi connectivity index (χ0n) is 20.8. The van der Waals surface area contributed by atoms with Gasteiger partial charge in [0.05, 0.1) is 39.0 Å². The van der Waals surface area contributed by atoms with Gasteiger partial charge in [0, 0.05) is 42.5 Å². The molecule has 3 N–H and O–H groups in total. The molecular formula is C24H28F3N7O4. The van der Waals surface area contributed by atoms with Crippen molar-refractivity contribution in [1.29, 1.82) is 0 Å². The van der Waals surface area contributed by atoms with E-state index in [4.69, 9.17) is 9.47 Å². The van der Waals surface area contributed by atoms with Crippen molar-refractivity contribution in [1.82, 2.24) is 30.8 Å². The van der Waals surface area contributed by atoms with Crippen molar-refractivity contribution in [3.63, 3.8) is 0 Å². The normalized spacial score (nSPS) is 11.3. The average Bonchev–Trinajstić information content (AvgIpc) is 3.31. The molecule has 0 spiro atoms. The molecule has 3 aromatic rings. The van der Waals surface area contributed by atoms with Crippen molar-refractivity contribution in [2.24, 2.45) is 7.05 Å². The van der Waals surface area contributed by atoms with Gasteiger partial charge in [0.2, 0.25) is 11.7 Å². The minimum Gasteiger partial charge on any atom is -0.377 e. The molecule has 0 aliphatic rings. The van der Waals surface area contributed by atoms with Crippen LogP contribution in [0.15, 0.2) is 42.5 Å². The van der Waals surface area contributed by atoms with E-state index in [2.05, 4.69) is 31.4 Å². The lowest BCUT2D eigenvalue weighted by atomic mass is 10.1. The monoisotopic (exact) mass is 535 g/mol. The molecule has 2 aromatic carbocycles. The van der Waals surface area contributed by atoms with E-state index in [0.717, 1.165) is 12.1 Å². The van der Waals surface area contributed by atoms with Crippen molar-refractivity contribution in [2.75, 3.05) is 44.8 Å². The molecule has 11 nitrogen and oxygen atoms in total. The topological polar surface area (TPSA) is 132 Å². The number of alkyl halides is 3. The van der Waals surface area contributed by atoms with Crippen LogP contribution in [0.4, 0.5) is 24.5 Å². The first-order chi connectivity index (χ1) is 18.1. The number of hydrogen-bond acceptors (Lipinski definition) is 8. The van der Waals surface area contributed by atoms with E-state index in [9.17, 15) is 22.8 Å². The number of rotatable bonds is 13. The molecule has 0 fully saturated rings. The Hall–Kier alpha value is -4.04. The van der Waals surface area contributed by atoms with Crippen LogP contribution in [0.2, 0.25) is 0 Å². The lowest BCUT2D eigenvalue weighted by Gasteiger charge is -2.13. The molecule has 204 valence electrons. The van der Waals surface area contributed by atoms with Gasteiger partial charge in [-0.2, -0.15) is 18.0 Å². The molecule has 0 radical (unpaired) electrons. The van der Waals surface area contributed by atoms with E-state index in [-0.39, 0.29) is 30.8 Å². The Labute approximate surface area is 216 Å². The van der Waals surface area contributed by atoms with Crippen molar-refractivity contribution in [2.45, 2.75) is 13.1 Å². The van der Waals surface area contributed by atoms with E-state index in [1.54, 1.807) is 25.2 Å². The van der Waals surface area contributed by atoms with Crippen LogP contribution < -0.4 is 16.0 Å². The maximum absolute atomic E-state index is 12.9. The van der Waals surface area contributed by atoms with Gasteiger partial charge in [0.25, 0.3) is 5.91 Å². The summed E-state index contributed by atoms with van der Waals surface area (Å²) in [5, 5.41) is 20.4. The number of halogens is 3. The predicted octanol–water partition coefficient (Wildman–Crippen LogP) is 2.54. The Morgan fingerprint density at radius 2 is 1.61 bits per heavy atom. The molecule has 0 aliphatic heterocycles. The largest absolute Gasteiger partial charge is 0.416 e. The van der Waals surface area contributed by atoms with Crippen molar-refractivity contribution >= 4 is 23.2 Å². The number of carbonyl (C=O) groups is 2. The average molecular weight is 536 g/mol. The summed E-state index contributed by atoms with van der Waals surface area (Å²) < 4.78 is 49.4. The number of amides is 2. The van der Waals surface area contributed by atoms with Crippen LogP contribution in [-0.2, 0) is 27.5 Å². The first-order valence-corrected chi connectivity index (χ1v) is 11.6. The maximum Gasteiger partial charge on any atom is 0.416 e. The number of carbonyl (C=O) groups excluding carboxylic acids is 2. The summed E-state index contributed by atoms with van der Waals surface area (Å²) in [5.41, 5.74) is 0.905. The first kappa shape index (κ1) is 28.5. The molecule has 0 bridgehead atoms. The van der Waals surface area contributed by atoms with Gasteiger partial charge in [-0.05, 0) is 47.7 Å². The van der Waals surface area contributed by atoms with Crippen LogP contribution in [0.3, 0.4) is 0 Å². The lowest BCUT2D eigenvalue weighted by molar-refractivity contribution is -0.137. The van der Waals surface area contributed by atoms with E-state index in [1.165, 1.54) is 23.9 Å². The summed E-state index contributed by atoms with van der Waals surface area (Å²) >= 11 is 0. The van der Waals surface area contributed by atoms with E-state index >= 15 is 0 Å². The van der Waals surface area contributed by atoms with E-state index < -0.39 is 11.7 Å². The molecule has 14 heteroatoms. The van der Waals surface area contributed by atoms with Crippen molar-refractivity contribution in [3.05, 3.63) is 53.6 Å². The SMILES string of the molecule is CC(=O)NCCOCCOCCNC(=O)c1ccc(Nc2ccc(C(F)(F)F)cc2)c(-c2nnn(C)n2)c1. The Morgan fingerprint density at radius 3 is 2.18 bits per heavy atom. The van der Waals surface area contributed by atoms with Crippen LogP contribution >= 0.6 is 0 Å². The van der Waals surface area contributed by atoms with Gasteiger partial charge in [-0.25, -0.2) is 0 Å². The highest BCUT2D eigenvalue weighted by atomic mass is 19.4. The highest BCUT2D eigenvalue weighted by Gasteiger charge is 2.30. The Kier molecular flexibility index (Phi) is 10.1. The van der Waals surface area contributed by atoms with Crippen LogP contribution in [0.1, 0.15) is 22.8 Å². The molecule has 0 unspecified atom stereocenters. The van der Waals surface area contributed by atoms with E-state index in [0.29, 0.717) is 48.9 Å². The summed E-state index contributed by atoms with van der Waals surface area (Å²) in [6, 6.07) is 9.34. The van der Waals surface area contributed by atoms with Gasteiger partial charge in [0.1, 0.15) is 0 Å². The van der Waals surface area contributed by atoms with Crippen LogP contribution in [0.25, 0.3) is 11.4 Å². The smallest absolute Gasteiger partial charge is 0.377 e. The zero-order chi connectivity index (χ0) is 27.5. The second-order valence-corrected chi connectivity index (χ2v) is 8.03. The molecule has 0 atom stereocenters. The molecule has 0 saturated heterocycles. The molecule has 0 aliphatic carbocycles. The predicted molar refractivity (Wildman–Crippen MR) is 132 cm³/mol. The number of nitrogens with zero attached hydrogens (tertiary/aromatic N) is 4. The summed E-state index contributed by atoms with van der Waals surface area (Å²) in [7, 11) is 1.59. The number of tetrazole rings is 1. The van der Waals surface area contributed by atoms with Gasteiger partial charge >= 0.3 is 6.18 Å². The minimum absolute atomic E-state index is 0.120. The number of ether oxygens (including phenoxy) is 2. The lowest BCUT2D eigenvalue weighted by Crippen LogP contribution is -2.28. The third kappa shape index (κ3) is 8.81. The highest BCUT2D eigenvalue weighted by molar-refractivity contribution is 5.97. The van der Waals surface area contributed by atoms with Crippen LogP contribution in [0, 0.1) is 0 Å². The Bertz CT molecular complexity index is 1220. The standard InChI is InChI=1S/C24H28F3N7O4/c1-16(35)28-9-11-37-13-14-38-12-10-29-23(36)17-3-8-21(20(15-17)22-31-33-34(2)32-22)30-19-6-4-18(5-7-19)24(25,26)27/h3-8,15,30H,9-14H2,1-2H3,(H,28,35)(H,29,36). The Balaban J connectivity index is 1.57. The van der Waals surface area contributed by atoms with Crippen LogP contribution in [0.5, 0.6) is 0 Å². The fraction of sp³-hybridized carbons (Fsp3) is 0.375. The van der Waals surface area contributed by atoms with Crippen molar-refractivity contribution in [3.8, 4) is 11.4 Å². The highest BCUT2D eigenvalue weighted by Crippen LogP contribution is 2.32. The second kappa shape index (κ2) is 13.5. The fourth-order valence-electron chi connectivity index (χ4n) is 3.23. The summed E-state index contributed by atoms with van der Waals surface area (Å²) in [4.78, 5) is 24.7. The molecule has 3 rings (SSSR count). The number of benzene rings is 2. The van der Waals surface area contributed by atoms with Crippen LogP contribution in [-0.4, -0.2) is 71.5 Å². The third-order valence-corrected chi connectivity index (χ3v) is 5.05. The fourth-order valence-corrected chi connectivity index (χ4v) is 3.23. The molecule has 2 amide bonds. The molecular weight excluding hydrogens is 507 g/mol. The van der Waals surface area contributed by atoms with E-state index in [1.807, 2.05) is 0 Å².